The maximum absolute atomic E-state index is 12.3. The number of likely N-dealkylation sites (tertiary alicyclic amines) is 1. The second-order valence-electron chi connectivity index (χ2n) is 6.08. The number of carboxylic acid groups (broad SMARTS) is 1. The summed E-state index contributed by atoms with van der Waals surface area (Å²) < 4.78 is 0. The molecule has 2 heterocycles. The largest absolute Gasteiger partial charge is 0.481 e. The summed E-state index contributed by atoms with van der Waals surface area (Å²) in [6.07, 6.45) is 0.439. The quantitative estimate of drug-likeness (QED) is 0.893. The summed E-state index contributed by atoms with van der Waals surface area (Å²) in [5.41, 5.74) is -0.141. The van der Waals surface area contributed by atoms with E-state index in [0.717, 1.165) is 5.56 Å². The van der Waals surface area contributed by atoms with Gasteiger partial charge in [-0.05, 0) is 42.8 Å². The molecule has 1 aliphatic heterocycles. The predicted octanol–water partition coefficient (Wildman–Crippen LogP) is 1.32. The lowest BCUT2D eigenvalue weighted by Gasteiger charge is -2.19. The van der Waals surface area contributed by atoms with Crippen molar-refractivity contribution in [1.29, 1.82) is 0 Å². The fourth-order valence-electron chi connectivity index (χ4n) is 2.59. The molecule has 1 fully saturated rings. The van der Waals surface area contributed by atoms with E-state index >= 15 is 0 Å². The van der Waals surface area contributed by atoms with Crippen molar-refractivity contribution in [3.05, 3.63) is 29.3 Å². The second kappa shape index (κ2) is 6.20. The van der Waals surface area contributed by atoms with Gasteiger partial charge in [0.25, 0.3) is 0 Å². The fraction of sp³-hybridized carbons (Fsp3) is 0.400. The van der Waals surface area contributed by atoms with Crippen LogP contribution in [-0.2, 0) is 16.1 Å². The molecule has 0 aliphatic carbocycles. The zero-order chi connectivity index (χ0) is 17.3. The highest BCUT2D eigenvalue weighted by molar-refractivity contribution is 6.30. The molecular formula is C15H16ClN5O3. The normalized spacial score (nSPS) is 20.3. The van der Waals surface area contributed by atoms with E-state index in [4.69, 9.17) is 11.6 Å². The van der Waals surface area contributed by atoms with Crippen molar-refractivity contribution in [3.63, 3.8) is 0 Å². The van der Waals surface area contributed by atoms with E-state index in [1.165, 1.54) is 9.70 Å². The van der Waals surface area contributed by atoms with Crippen molar-refractivity contribution < 1.29 is 14.7 Å². The Morgan fingerprint density at radius 1 is 1.33 bits per heavy atom. The molecule has 1 aliphatic rings. The molecule has 1 atom stereocenters. The number of benzene rings is 1. The molecular weight excluding hydrogens is 334 g/mol. The van der Waals surface area contributed by atoms with E-state index in [1.807, 2.05) is 0 Å². The summed E-state index contributed by atoms with van der Waals surface area (Å²) in [6, 6.07) is 6.98. The monoisotopic (exact) mass is 349 g/mol. The number of halogens is 1. The van der Waals surface area contributed by atoms with Gasteiger partial charge in [0, 0.05) is 23.7 Å². The molecule has 0 spiro atoms. The van der Waals surface area contributed by atoms with Gasteiger partial charge in [-0.3, -0.25) is 9.59 Å². The number of carboxylic acids is 1. The first kappa shape index (κ1) is 16.4. The molecule has 1 amide bonds. The Labute approximate surface area is 143 Å². The summed E-state index contributed by atoms with van der Waals surface area (Å²) >= 11 is 5.84. The minimum absolute atomic E-state index is 0.0731. The van der Waals surface area contributed by atoms with Gasteiger partial charge in [-0.25, -0.2) is 0 Å². The van der Waals surface area contributed by atoms with Crippen LogP contribution in [-0.4, -0.2) is 55.2 Å². The average molecular weight is 350 g/mol. The Kier molecular flexibility index (Phi) is 4.23. The molecule has 0 saturated carbocycles. The number of carbonyl (C=O) groups excluding carboxylic acids is 1. The number of tetrazole rings is 1. The Morgan fingerprint density at radius 2 is 2.04 bits per heavy atom. The number of nitrogens with zero attached hydrogens (tertiary/aromatic N) is 5. The van der Waals surface area contributed by atoms with E-state index in [1.54, 1.807) is 31.2 Å². The Balaban J connectivity index is 1.66. The van der Waals surface area contributed by atoms with Crippen molar-refractivity contribution in [1.82, 2.24) is 25.1 Å². The van der Waals surface area contributed by atoms with Crippen LogP contribution in [0.15, 0.2) is 24.3 Å². The van der Waals surface area contributed by atoms with E-state index in [-0.39, 0.29) is 19.0 Å². The lowest BCUT2D eigenvalue weighted by molar-refractivity contribution is -0.147. The summed E-state index contributed by atoms with van der Waals surface area (Å²) in [7, 11) is 0. The van der Waals surface area contributed by atoms with E-state index in [0.29, 0.717) is 23.8 Å². The summed E-state index contributed by atoms with van der Waals surface area (Å²) in [5.74, 6) is -0.710. The third-order valence-electron chi connectivity index (χ3n) is 4.17. The highest BCUT2D eigenvalue weighted by Gasteiger charge is 2.42. The van der Waals surface area contributed by atoms with Crippen LogP contribution in [0.4, 0.5) is 0 Å². The molecule has 9 heteroatoms. The molecule has 1 N–H and O–H groups in total. The molecule has 24 heavy (non-hydrogen) atoms. The first-order chi connectivity index (χ1) is 11.4. The second-order valence-corrected chi connectivity index (χ2v) is 6.52. The Bertz CT molecular complexity index is 776. The number of carbonyl (C=O) groups is 2. The number of aliphatic carboxylic acids is 1. The van der Waals surface area contributed by atoms with Crippen molar-refractivity contribution in [2.45, 2.75) is 19.9 Å². The molecule has 0 unspecified atom stereocenters. The molecule has 0 bridgehead atoms. The molecule has 1 aromatic carbocycles. The van der Waals surface area contributed by atoms with Gasteiger partial charge in [-0.15, -0.1) is 10.2 Å². The Hall–Kier alpha value is -2.48. The van der Waals surface area contributed by atoms with Crippen molar-refractivity contribution >= 4 is 23.5 Å². The van der Waals surface area contributed by atoms with Crippen LogP contribution in [0.1, 0.15) is 13.3 Å². The predicted molar refractivity (Wildman–Crippen MR) is 85.2 cm³/mol. The number of amides is 1. The molecule has 2 aromatic rings. The van der Waals surface area contributed by atoms with E-state index in [2.05, 4.69) is 15.4 Å². The molecule has 3 rings (SSSR count). The number of hydrogen-bond donors (Lipinski definition) is 1. The Morgan fingerprint density at radius 3 is 2.67 bits per heavy atom. The van der Waals surface area contributed by atoms with Crippen LogP contribution >= 0.6 is 11.6 Å². The van der Waals surface area contributed by atoms with Gasteiger partial charge in [-0.2, -0.15) is 4.80 Å². The van der Waals surface area contributed by atoms with Gasteiger partial charge >= 0.3 is 5.97 Å². The van der Waals surface area contributed by atoms with Crippen molar-refractivity contribution in [2.75, 3.05) is 13.1 Å². The zero-order valence-electron chi connectivity index (χ0n) is 13.0. The van der Waals surface area contributed by atoms with Crippen LogP contribution in [0.5, 0.6) is 0 Å². The maximum atomic E-state index is 12.3. The topological polar surface area (TPSA) is 101 Å². The van der Waals surface area contributed by atoms with Gasteiger partial charge in [0.05, 0.1) is 5.41 Å². The van der Waals surface area contributed by atoms with Crippen LogP contribution in [0.2, 0.25) is 5.02 Å². The molecule has 0 radical (unpaired) electrons. The van der Waals surface area contributed by atoms with E-state index in [9.17, 15) is 14.7 Å². The maximum Gasteiger partial charge on any atom is 0.311 e. The van der Waals surface area contributed by atoms with Gasteiger partial charge in [0.15, 0.2) is 0 Å². The number of aromatic nitrogens is 4. The van der Waals surface area contributed by atoms with Gasteiger partial charge < -0.3 is 10.0 Å². The summed E-state index contributed by atoms with van der Waals surface area (Å²) in [6.45, 7) is 2.19. The van der Waals surface area contributed by atoms with Crippen LogP contribution in [0.25, 0.3) is 11.4 Å². The van der Waals surface area contributed by atoms with Crippen molar-refractivity contribution in [3.8, 4) is 11.4 Å². The number of hydrogen-bond acceptors (Lipinski definition) is 5. The number of rotatable bonds is 4. The molecule has 8 nitrogen and oxygen atoms in total. The third kappa shape index (κ3) is 3.23. The first-order valence-electron chi connectivity index (χ1n) is 7.42. The highest BCUT2D eigenvalue weighted by Crippen LogP contribution is 2.30. The standard InChI is InChI=1S/C15H16ClN5O3/c1-15(14(23)24)6-7-20(9-15)12(22)8-21-18-13(17-19-21)10-2-4-11(16)5-3-10/h2-5H,6-9H2,1H3,(H,23,24)/t15-/m0/s1. The van der Waals surface area contributed by atoms with Gasteiger partial charge in [0.2, 0.25) is 11.7 Å². The first-order valence-corrected chi connectivity index (χ1v) is 7.80. The van der Waals surface area contributed by atoms with Gasteiger partial charge in [-0.1, -0.05) is 11.6 Å². The van der Waals surface area contributed by atoms with Crippen LogP contribution in [0, 0.1) is 5.41 Å². The summed E-state index contributed by atoms with van der Waals surface area (Å²) in [4.78, 5) is 26.3. The van der Waals surface area contributed by atoms with Crippen LogP contribution < -0.4 is 0 Å². The highest BCUT2D eigenvalue weighted by atomic mass is 35.5. The van der Waals surface area contributed by atoms with Crippen LogP contribution in [0.3, 0.4) is 0 Å². The third-order valence-corrected chi connectivity index (χ3v) is 4.43. The van der Waals surface area contributed by atoms with Crippen molar-refractivity contribution in [2.24, 2.45) is 5.41 Å². The SMILES string of the molecule is C[C@]1(C(=O)O)CCN(C(=O)Cn2nnc(-c3ccc(Cl)cc3)n2)C1. The average Bonchev–Trinajstić information content (AvgIpc) is 3.16. The lowest BCUT2D eigenvalue weighted by Crippen LogP contribution is -2.36. The van der Waals surface area contributed by atoms with E-state index < -0.39 is 11.4 Å². The molecule has 1 saturated heterocycles. The minimum atomic E-state index is -0.889. The smallest absolute Gasteiger partial charge is 0.311 e. The lowest BCUT2D eigenvalue weighted by atomic mass is 9.90. The minimum Gasteiger partial charge on any atom is -0.481 e. The fourth-order valence-corrected chi connectivity index (χ4v) is 2.72. The summed E-state index contributed by atoms with van der Waals surface area (Å²) in [5, 5.41) is 21.8. The molecule has 1 aromatic heterocycles. The molecule has 126 valence electrons. The zero-order valence-corrected chi connectivity index (χ0v) is 13.8. The van der Waals surface area contributed by atoms with Gasteiger partial charge in [0.1, 0.15) is 6.54 Å².